The van der Waals surface area contributed by atoms with Gasteiger partial charge in [-0.1, -0.05) is 0 Å². The number of amides is 1. The van der Waals surface area contributed by atoms with Crippen LogP contribution in [0.1, 0.15) is 41.0 Å². The van der Waals surface area contributed by atoms with E-state index in [-0.39, 0.29) is 25.4 Å². The van der Waals surface area contributed by atoms with E-state index in [0.717, 1.165) is 4.90 Å². The lowest BCUT2D eigenvalue weighted by atomic mass is 9.90. The van der Waals surface area contributed by atoms with Crippen LogP contribution in [0.15, 0.2) is 0 Å². The molecule has 1 aliphatic rings. The van der Waals surface area contributed by atoms with Crippen molar-refractivity contribution in [3.8, 4) is 0 Å². The van der Waals surface area contributed by atoms with Crippen molar-refractivity contribution in [1.82, 2.24) is 4.90 Å². The van der Waals surface area contributed by atoms with Gasteiger partial charge < -0.3 is 9.47 Å². The number of hydrogen-bond acceptors (Lipinski definition) is 6. The van der Waals surface area contributed by atoms with Gasteiger partial charge in [0.2, 0.25) is 0 Å². The molecule has 1 rings (SSSR count). The van der Waals surface area contributed by atoms with Gasteiger partial charge in [-0.25, -0.2) is 4.79 Å². The highest BCUT2D eigenvalue weighted by atomic mass is 16.6. The minimum absolute atomic E-state index is 0.144. The fourth-order valence-electron chi connectivity index (χ4n) is 2.20. The molecule has 0 saturated carbocycles. The molecule has 0 N–H and O–H groups in total. The number of carbonyl (C=O) groups is 4. The van der Waals surface area contributed by atoms with E-state index >= 15 is 0 Å². The quantitative estimate of drug-likeness (QED) is 0.577. The number of nitrogens with zero attached hydrogens (tertiary/aromatic N) is 1. The number of Topliss-reactive ketones (excluding diaryl/α,β-unsaturated/α-hetero) is 2. The molecular weight excluding hydrogens is 290 g/mol. The average molecular weight is 313 g/mol. The van der Waals surface area contributed by atoms with E-state index in [1.807, 2.05) is 0 Å². The second kappa shape index (κ2) is 6.89. The molecule has 7 heteroatoms. The molecule has 0 aromatic rings. The Hall–Kier alpha value is -1.92. The Bertz CT molecular complexity index is 479. The summed E-state index contributed by atoms with van der Waals surface area (Å²) in [5.74, 6) is -2.45. The van der Waals surface area contributed by atoms with Crippen molar-refractivity contribution in [2.24, 2.45) is 5.92 Å². The van der Waals surface area contributed by atoms with Crippen LogP contribution >= 0.6 is 0 Å². The highest BCUT2D eigenvalue weighted by molar-refractivity contribution is 6.03. The second-order valence-electron chi connectivity index (χ2n) is 6.23. The van der Waals surface area contributed by atoms with E-state index < -0.39 is 35.4 Å². The molecule has 0 spiro atoms. The van der Waals surface area contributed by atoms with Crippen molar-refractivity contribution in [1.29, 1.82) is 0 Å². The number of ether oxygens (including phenoxy) is 2. The molecule has 1 aliphatic heterocycles. The number of likely N-dealkylation sites (tertiary alicyclic amines) is 1. The van der Waals surface area contributed by atoms with Crippen molar-refractivity contribution in [3.05, 3.63) is 0 Å². The monoisotopic (exact) mass is 313 g/mol. The summed E-state index contributed by atoms with van der Waals surface area (Å²) >= 11 is 0. The summed E-state index contributed by atoms with van der Waals surface area (Å²) in [6, 6.07) is -0.895. The first-order chi connectivity index (χ1) is 10.1. The maximum Gasteiger partial charge on any atom is 0.410 e. The zero-order valence-electron chi connectivity index (χ0n) is 13.7. The zero-order chi connectivity index (χ0) is 17.1. The first kappa shape index (κ1) is 18.1. The van der Waals surface area contributed by atoms with Gasteiger partial charge in [0, 0.05) is 13.0 Å². The highest BCUT2D eigenvalue weighted by Gasteiger charge is 2.44. The lowest BCUT2D eigenvalue weighted by Crippen LogP contribution is -2.56. The smallest absolute Gasteiger partial charge is 0.410 e. The summed E-state index contributed by atoms with van der Waals surface area (Å²) in [6.45, 7) is 7.99. The van der Waals surface area contributed by atoms with Gasteiger partial charge in [-0.05, 0) is 34.6 Å². The van der Waals surface area contributed by atoms with Crippen LogP contribution in [-0.4, -0.2) is 53.3 Å². The van der Waals surface area contributed by atoms with E-state index in [9.17, 15) is 19.2 Å². The Labute approximate surface area is 129 Å². The summed E-state index contributed by atoms with van der Waals surface area (Å²) in [6.07, 6.45) is -0.910. The molecule has 0 bridgehead atoms. The number of piperidine rings is 1. The second-order valence-corrected chi connectivity index (χ2v) is 6.23. The molecule has 2 unspecified atom stereocenters. The summed E-state index contributed by atoms with van der Waals surface area (Å²) in [5.41, 5.74) is -0.737. The molecule has 0 aliphatic carbocycles. The van der Waals surface area contributed by atoms with Crippen LogP contribution in [0.25, 0.3) is 0 Å². The van der Waals surface area contributed by atoms with E-state index in [1.54, 1.807) is 27.7 Å². The van der Waals surface area contributed by atoms with Crippen LogP contribution in [0.4, 0.5) is 4.79 Å². The third-order valence-electron chi connectivity index (χ3n) is 3.21. The topological polar surface area (TPSA) is 90.0 Å². The first-order valence-electron chi connectivity index (χ1n) is 7.26. The van der Waals surface area contributed by atoms with Gasteiger partial charge in [0.1, 0.15) is 17.6 Å². The minimum Gasteiger partial charge on any atom is -0.465 e. The first-order valence-corrected chi connectivity index (χ1v) is 7.26. The van der Waals surface area contributed by atoms with Crippen molar-refractivity contribution in [2.45, 2.75) is 52.7 Å². The summed E-state index contributed by atoms with van der Waals surface area (Å²) < 4.78 is 10.1. The number of esters is 1. The predicted octanol–water partition coefficient (Wildman–Crippen LogP) is 1.33. The van der Waals surface area contributed by atoms with Crippen molar-refractivity contribution in [3.63, 3.8) is 0 Å². The SMILES string of the molecule is CCOC(=O)C1CN(C(=O)OC(C)(C)C)C(C(C)=O)CC1=O. The Balaban J connectivity index is 2.98. The van der Waals surface area contributed by atoms with E-state index in [2.05, 4.69) is 0 Å². The standard InChI is InChI=1S/C15H23NO6/c1-6-21-13(19)10-8-16(14(20)22-15(3,4)5)11(9(2)17)7-12(10)18/h10-11H,6-8H2,1-5H3. The molecule has 0 aromatic carbocycles. The molecule has 1 saturated heterocycles. The predicted molar refractivity (Wildman–Crippen MR) is 77.2 cm³/mol. The van der Waals surface area contributed by atoms with Gasteiger partial charge in [0.15, 0.2) is 11.6 Å². The Morgan fingerprint density at radius 1 is 1.27 bits per heavy atom. The normalized spacial score (nSPS) is 22.2. The molecular formula is C15H23NO6. The summed E-state index contributed by atoms with van der Waals surface area (Å²) in [5, 5.41) is 0. The van der Waals surface area contributed by atoms with Crippen LogP contribution in [0.3, 0.4) is 0 Å². The minimum atomic E-state index is -1.07. The Morgan fingerprint density at radius 2 is 1.86 bits per heavy atom. The molecule has 1 amide bonds. The van der Waals surface area contributed by atoms with Gasteiger partial charge in [0.05, 0.1) is 6.61 Å². The number of rotatable bonds is 3. The Morgan fingerprint density at radius 3 is 2.32 bits per heavy atom. The molecule has 1 heterocycles. The number of hydrogen-bond donors (Lipinski definition) is 0. The van der Waals surface area contributed by atoms with Crippen LogP contribution in [0, 0.1) is 5.92 Å². The van der Waals surface area contributed by atoms with Crippen molar-refractivity contribution in [2.75, 3.05) is 13.2 Å². The summed E-state index contributed by atoms with van der Waals surface area (Å²) in [7, 11) is 0. The van der Waals surface area contributed by atoms with Gasteiger partial charge in [-0.2, -0.15) is 0 Å². The highest BCUT2D eigenvalue weighted by Crippen LogP contribution is 2.23. The van der Waals surface area contributed by atoms with E-state index in [1.165, 1.54) is 6.92 Å². The van der Waals surface area contributed by atoms with E-state index in [0.29, 0.717) is 0 Å². The molecule has 0 radical (unpaired) electrons. The zero-order valence-corrected chi connectivity index (χ0v) is 13.7. The lowest BCUT2D eigenvalue weighted by molar-refractivity contribution is -0.155. The van der Waals surface area contributed by atoms with Gasteiger partial charge >= 0.3 is 12.1 Å². The molecule has 2 atom stereocenters. The van der Waals surface area contributed by atoms with Crippen molar-refractivity contribution >= 4 is 23.6 Å². The van der Waals surface area contributed by atoms with Crippen molar-refractivity contribution < 1.29 is 28.7 Å². The van der Waals surface area contributed by atoms with Crippen LogP contribution in [-0.2, 0) is 23.9 Å². The summed E-state index contributed by atoms with van der Waals surface area (Å²) in [4.78, 5) is 49.0. The molecule has 1 fully saturated rings. The average Bonchev–Trinajstić information content (AvgIpc) is 2.36. The third-order valence-corrected chi connectivity index (χ3v) is 3.21. The largest absolute Gasteiger partial charge is 0.465 e. The lowest BCUT2D eigenvalue weighted by Gasteiger charge is -2.37. The molecule has 124 valence electrons. The van der Waals surface area contributed by atoms with Gasteiger partial charge in [-0.3, -0.25) is 19.3 Å². The van der Waals surface area contributed by atoms with Gasteiger partial charge in [0.25, 0.3) is 0 Å². The van der Waals surface area contributed by atoms with E-state index in [4.69, 9.17) is 9.47 Å². The Kier molecular flexibility index (Phi) is 5.68. The number of carbonyl (C=O) groups excluding carboxylic acids is 4. The van der Waals surface area contributed by atoms with Crippen LogP contribution < -0.4 is 0 Å². The van der Waals surface area contributed by atoms with Crippen LogP contribution in [0.5, 0.6) is 0 Å². The third kappa shape index (κ3) is 4.54. The molecule has 22 heavy (non-hydrogen) atoms. The molecule has 7 nitrogen and oxygen atoms in total. The maximum absolute atomic E-state index is 12.2. The fraction of sp³-hybridized carbons (Fsp3) is 0.733. The number of ketones is 2. The van der Waals surface area contributed by atoms with Crippen LogP contribution in [0.2, 0.25) is 0 Å². The maximum atomic E-state index is 12.2. The van der Waals surface area contributed by atoms with Gasteiger partial charge in [-0.15, -0.1) is 0 Å². The fourth-order valence-corrected chi connectivity index (χ4v) is 2.20. The molecule has 0 aromatic heterocycles.